The van der Waals surface area contributed by atoms with Gasteiger partial charge in [-0.3, -0.25) is 10.1 Å². The van der Waals surface area contributed by atoms with Gasteiger partial charge in [-0.05, 0) is 12.8 Å². The number of amides is 3. The van der Waals surface area contributed by atoms with Crippen LogP contribution < -0.4 is 5.32 Å². The smallest absolute Gasteiger partial charge is 0.329 e. The van der Waals surface area contributed by atoms with Gasteiger partial charge < -0.3 is 14.7 Å². The van der Waals surface area contributed by atoms with Gasteiger partial charge in [-0.15, -0.1) is 0 Å². The summed E-state index contributed by atoms with van der Waals surface area (Å²) in [6, 6.07) is -0.294. The number of nitrogens with zero attached hydrogens (tertiary/aromatic N) is 1. The minimum atomic E-state index is -1.15. The minimum absolute atomic E-state index is 0.168. The van der Waals surface area contributed by atoms with E-state index >= 15 is 0 Å². The van der Waals surface area contributed by atoms with E-state index in [-0.39, 0.29) is 6.04 Å². The molecule has 3 amide bonds. The van der Waals surface area contributed by atoms with E-state index in [9.17, 15) is 14.4 Å². The molecule has 0 saturated heterocycles. The van der Waals surface area contributed by atoms with Gasteiger partial charge in [0.05, 0.1) is 0 Å². The number of carbonyl (C=O) groups is 3. The maximum atomic E-state index is 11.8. The van der Waals surface area contributed by atoms with Gasteiger partial charge in [0.2, 0.25) is 0 Å². The molecule has 0 aromatic heterocycles. The number of ether oxygens (including phenoxy) is 1. The number of hydrogen-bond donors (Lipinski definition) is 2. The van der Waals surface area contributed by atoms with Gasteiger partial charge in [0.25, 0.3) is 5.91 Å². The Hall–Kier alpha value is -1.63. The molecule has 0 radical (unpaired) electrons. The quantitative estimate of drug-likeness (QED) is 0.763. The van der Waals surface area contributed by atoms with Crippen LogP contribution in [0, 0.1) is 0 Å². The molecule has 7 heteroatoms. The van der Waals surface area contributed by atoms with Crippen molar-refractivity contribution >= 4 is 17.9 Å². The van der Waals surface area contributed by atoms with Crippen molar-refractivity contribution in [1.29, 1.82) is 0 Å². The molecule has 19 heavy (non-hydrogen) atoms. The highest BCUT2D eigenvalue weighted by Crippen LogP contribution is 2.21. The predicted octanol–water partition coefficient (Wildman–Crippen LogP) is 0.588. The summed E-state index contributed by atoms with van der Waals surface area (Å²) in [4.78, 5) is 34.8. The molecule has 0 spiro atoms. The standard InChI is InChI=1S/C12H20N2O5/c1-14(9-5-3-2-4-6-9)12(18)13-10(15)7-19-8-11(16)17/h9H,2-8H2,1H3,(H,16,17)(H,13,15,18). The van der Waals surface area contributed by atoms with Gasteiger partial charge in [0, 0.05) is 13.1 Å². The summed E-state index contributed by atoms with van der Waals surface area (Å²) in [5.41, 5.74) is 0. The maximum Gasteiger partial charge on any atom is 0.329 e. The third-order valence-electron chi connectivity index (χ3n) is 3.15. The SMILES string of the molecule is CN(C(=O)NC(=O)COCC(=O)O)C1CCCCC1. The van der Waals surface area contributed by atoms with Gasteiger partial charge in [-0.1, -0.05) is 19.3 Å². The Morgan fingerprint density at radius 2 is 1.84 bits per heavy atom. The van der Waals surface area contributed by atoms with Crippen LogP contribution in [0.2, 0.25) is 0 Å². The highest BCUT2D eigenvalue weighted by Gasteiger charge is 2.23. The number of rotatable bonds is 5. The largest absolute Gasteiger partial charge is 0.480 e. The van der Waals surface area contributed by atoms with Crippen molar-refractivity contribution in [2.24, 2.45) is 0 Å². The Kier molecular flexibility index (Phi) is 6.27. The number of carboxylic acids is 1. The fraction of sp³-hybridized carbons (Fsp3) is 0.750. The fourth-order valence-electron chi connectivity index (χ4n) is 2.11. The van der Waals surface area contributed by atoms with Crippen molar-refractivity contribution < 1.29 is 24.2 Å². The van der Waals surface area contributed by atoms with E-state index in [1.54, 1.807) is 7.05 Å². The lowest BCUT2D eigenvalue weighted by atomic mass is 9.95. The average Bonchev–Trinajstić information content (AvgIpc) is 2.38. The number of aliphatic carboxylic acids is 1. The van der Waals surface area contributed by atoms with Crippen LogP contribution in [-0.4, -0.2) is 54.2 Å². The van der Waals surface area contributed by atoms with Crippen LogP contribution in [0.1, 0.15) is 32.1 Å². The summed E-state index contributed by atoms with van der Waals surface area (Å²) < 4.78 is 4.60. The number of urea groups is 1. The highest BCUT2D eigenvalue weighted by molar-refractivity contribution is 5.95. The van der Waals surface area contributed by atoms with Crippen molar-refractivity contribution in [2.45, 2.75) is 38.1 Å². The molecule has 0 bridgehead atoms. The highest BCUT2D eigenvalue weighted by atomic mass is 16.5. The molecule has 0 aromatic rings. The number of carbonyl (C=O) groups excluding carboxylic acids is 2. The first-order valence-corrected chi connectivity index (χ1v) is 6.37. The van der Waals surface area contributed by atoms with E-state index < -0.39 is 31.1 Å². The molecule has 7 nitrogen and oxygen atoms in total. The Morgan fingerprint density at radius 3 is 2.42 bits per heavy atom. The van der Waals surface area contributed by atoms with Crippen LogP contribution in [0.3, 0.4) is 0 Å². The van der Waals surface area contributed by atoms with Gasteiger partial charge >= 0.3 is 12.0 Å². The second kappa shape index (κ2) is 7.73. The van der Waals surface area contributed by atoms with E-state index in [0.29, 0.717) is 0 Å². The van der Waals surface area contributed by atoms with Crippen molar-refractivity contribution in [3.63, 3.8) is 0 Å². The fourth-order valence-corrected chi connectivity index (χ4v) is 2.11. The summed E-state index contributed by atoms with van der Waals surface area (Å²) in [5.74, 6) is -1.78. The zero-order valence-electron chi connectivity index (χ0n) is 11.1. The summed E-state index contributed by atoms with van der Waals surface area (Å²) in [7, 11) is 1.66. The van der Waals surface area contributed by atoms with E-state index in [1.807, 2.05) is 0 Å². The van der Waals surface area contributed by atoms with E-state index in [2.05, 4.69) is 10.1 Å². The number of hydrogen-bond acceptors (Lipinski definition) is 4. The molecule has 0 atom stereocenters. The second-order valence-electron chi connectivity index (χ2n) is 4.64. The number of imide groups is 1. The first-order valence-electron chi connectivity index (χ1n) is 6.37. The normalized spacial score (nSPS) is 15.8. The Labute approximate surface area is 111 Å². The molecular formula is C12H20N2O5. The lowest BCUT2D eigenvalue weighted by Gasteiger charge is -2.30. The van der Waals surface area contributed by atoms with Crippen LogP contribution in [-0.2, 0) is 14.3 Å². The molecule has 108 valence electrons. The Morgan fingerprint density at radius 1 is 1.21 bits per heavy atom. The first-order chi connectivity index (χ1) is 9.00. The molecule has 0 unspecified atom stereocenters. The number of carboxylic acid groups (broad SMARTS) is 1. The molecule has 1 rings (SSSR count). The monoisotopic (exact) mass is 272 g/mol. The van der Waals surface area contributed by atoms with Crippen molar-refractivity contribution in [3.05, 3.63) is 0 Å². The van der Waals surface area contributed by atoms with Crippen LogP contribution in [0.25, 0.3) is 0 Å². The first kappa shape index (κ1) is 15.4. The summed E-state index contributed by atoms with van der Waals surface area (Å²) in [6.45, 7) is -0.989. The van der Waals surface area contributed by atoms with Gasteiger partial charge in [-0.25, -0.2) is 9.59 Å². The second-order valence-corrected chi connectivity index (χ2v) is 4.64. The van der Waals surface area contributed by atoms with E-state index in [4.69, 9.17) is 5.11 Å². The molecule has 1 aliphatic rings. The molecular weight excluding hydrogens is 252 g/mol. The van der Waals surface area contributed by atoms with Gasteiger partial charge in [0.1, 0.15) is 13.2 Å². The van der Waals surface area contributed by atoms with Crippen LogP contribution >= 0.6 is 0 Å². The molecule has 1 fully saturated rings. The topological polar surface area (TPSA) is 95.9 Å². The van der Waals surface area contributed by atoms with Crippen molar-refractivity contribution in [1.82, 2.24) is 10.2 Å². The Bertz CT molecular complexity index is 339. The summed E-state index contributed by atoms with van der Waals surface area (Å²) in [5, 5.41) is 10.5. The third-order valence-corrected chi connectivity index (χ3v) is 3.15. The molecule has 1 aliphatic carbocycles. The lowest BCUT2D eigenvalue weighted by Crippen LogP contribution is -2.47. The summed E-state index contributed by atoms with van der Waals surface area (Å²) in [6.07, 6.45) is 5.28. The molecule has 2 N–H and O–H groups in total. The molecule has 1 saturated carbocycles. The lowest BCUT2D eigenvalue weighted by molar-refractivity contribution is -0.143. The summed E-state index contributed by atoms with van der Waals surface area (Å²) >= 11 is 0. The minimum Gasteiger partial charge on any atom is -0.480 e. The Balaban J connectivity index is 2.28. The van der Waals surface area contributed by atoms with Gasteiger partial charge in [-0.2, -0.15) is 0 Å². The zero-order valence-corrected chi connectivity index (χ0v) is 11.1. The molecule has 0 aliphatic heterocycles. The zero-order chi connectivity index (χ0) is 14.3. The molecule has 0 heterocycles. The van der Waals surface area contributed by atoms with Crippen molar-refractivity contribution in [2.75, 3.05) is 20.3 Å². The van der Waals surface area contributed by atoms with E-state index in [1.165, 1.54) is 11.3 Å². The van der Waals surface area contributed by atoms with Crippen molar-refractivity contribution in [3.8, 4) is 0 Å². The van der Waals surface area contributed by atoms with Crippen LogP contribution in [0.15, 0.2) is 0 Å². The van der Waals surface area contributed by atoms with Crippen LogP contribution in [0.5, 0.6) is 0 Å². The van der Waals surface area contributed by atoms with Crippen LogP contribution in [0.4, 0.5) is 4.79 Å². The van der Waals surface area contributed by atoms with E-state index in [0.717, 1.165) is 25.7 Å². The van der Waals surface area contributed by atoms with Gasteiger partial charge in [0.15, 0.2) is 0 Å². The average molecular weight is 272 g/mol. The third kappa shape index (κ3) is 5.69. The molecule has 0 aromatic carbocycles. The number of nitrogens with one attached hydrogen (secondary N) is 1. The predicted molar refractivity (Wildman–Crippen MR) is 66.6 cm³/mol. The maximum absolute atomic E-state index is 11.8.